The predicted octanol–water partition coefficient (Wildman–Crippen LogP) is 3.51. The molecule has 0 amide bonds. The van der Waals surface area contributed by atoms with Crippen LogP contribution < -0.4 is 10.6 Å². The highest BCUT2D eigenvalue weighted by molar-refractivity contribution is 6.31. The maximum atomic E-state index is 6.11. The maximum absolute atomic E-state index is 6.11. The fourth-order valence-corrected chi connectivity index (χ4v) is 1.77. The minimum atomic E-state index is 0.170. The summed E-state index contributed by atoms with van der Waals surface area (Å²) < 4.78 is 0. The SMILES string of the molecule is Cc1ccc(CNC(C)CNC(C)(C)C)cc1Cl. The minimum Gasteiger partial charge on any atom is -0.311 e. The third-order valence-electron chi connectivity index (χ3n) is 2.83. The van der Waals surface area contributed by atoms with Gasteiger partial charge in [-0.05, 0) is 51.8 Å². The second-order valence-corrected chi connectivity index (χ2v) is 6.40. The van der Waals surface area contributed by atoms with Gasteiger partial charge in [-0.25, -0.2) is 0 Å². The van der Waals surface area contributed by atoms with Crippen molar-refractivity contribution in [3.05, 3.63) is 34.3 Å². The van der Waals surface area contributed by atoms with Crippen LogP contribution in [-0.4, -0.2) is 18.1 Å². The highest BCUT2D eigenvalue weighted by Gasteiger charge is 2.10. The van der Waals surface area contributed by atoms with Crippen LogP contribution in [0.15, 0.2) is 18.2 Å². The fraction of sp³-hybridized carbons (Fsp3) is 0.600. The molecule has 0 aliphatic carbocycles. The van der Waals surface area contributed by atoms with Crippen LogP contribution in [0.2, 0.25) is 5.02 Å². The van der Waals surface area contributed by atoms with E-state index >= 15 is 0 Å². The second-order valence-electron chi connectivity index (χ2n) is 6.00. The first-order valence-corrected chi connectivity index (χ1v) is 6.89. The Hall–Kier alpha value is -0.570. The Labute approximate surface area is 116 Å². The van der Waals surface area contributed by atoms with Crippen molar-refractivity contribution < 1.29 is 0 Å². The van der Waals surface area contributed by atoms with Gasteiger partial charge >= 0.3 is 0 Å². The van der Waals surface area contributed by atoms with Crippen molar-refractivity contribution in [1.82, 2.24) is 10.6 Å². The highest BCUT2D eigenvalue weighted by Crippen LogP contribution is 2.16. The Morgan fingerprint density at radius 2 is 1.94 bits per heavy atom. The van der Waals surface area contributed by atoms with Crippen LogP contribution in [0.3, 0.4) is 0 Å². The van der Waals surface area contributed by atoms with Gasteiger partial charge in [0.25, 0.3) is 0 Å². The third kappa shape index (κ3) is 5.85. The van der Waals surface area contributed by atoms with E-state index in [1.165, 1.54) is 5.56 Å². The Balaban J connectivity index is 2.38. The number of nitrogens with one attached hydrogen (secondary N) is 2. The van der Waals surface area contributed by atoms with Gasteiger partial charge in [0.05, 0.1) is 0 Å². The summed E-state index contributed by atoms with van der Waals surface area (Å²) in [6.07, 6.45) is 0. The van der Waals surface area contributed by atoms with Gasteiger partial charge in [-0.3, -0.25) is 0 Å². The smallest absolute Gasteiger partial charge is 0.0438 e. The van der Waals surface area contributed by atoms with Crippen molar-refractivity contribution in [3.8, 4) is 0 Å². The molecule has 0 saturated heterocycles. The zero-order valence-corrected chi connectivity index (χ0v) is 12.9. The minimum absolute atomic E-state index is 0.170. The van der Waals surface area contributed by atoms with Crippen molar-refractivity contribution in [2.75, 3.05) is 6.54 Å². The third-order valence-corrected chi connectivity index (χ3v) is 3.24. The summed E-state index contributed by atoms with van der Waals surface area (Å²) in [6.45, 7) is 12.6. The maximum Gasteiger partial charge on any atom is 0.0438 e. The first kappa shape index (κ1) is 15.5. The molecule has 0 aliphatic rings. The van der Waals surface area contributed by atoms with Crippen LogP contribution >= 0.6 is 11.6 Å². The van der Waals surface area contributed by atoms with Crippen molar-refractivity contribution in [1.29, 1.82) is 0 Å². The quantitative estimate of drug-likeness (QED) is 0.854. The topological polar surface area (TPSA) is 24.1 Å². The molecule has 1 unspecified atom stereocenters. The predicted molar refractivity (Wildman–Crippen MR) is 80.2 cm³/mol. The molecule has 0 heterocycles. The molecule has 0 aliphatic heterocycles. The van der Waals surface area contributed by atoms with Crippen molar-refractivity contribution in [3.63, 3.8) is 0 Å². The molecular weight excluding hydrogens is 244 g/mol. The average molecular weight is 269 g/mol. The van der Waals surface area contributed by atoms with E-state index in [0.29, 0.717) is 6.04 Å². The number of rotatable bonds is 5. The van der Waals surface area contributed by atoms with Crippen LogP contribution in [-0.2, 0) is 6.54 Å². The van der Waals surface area contributed by atoms with E-state index in [0.717, 1.165) is 23.7 Å². The van der Waals surface area contributed by atoms with Crippen LogP contribution in [0.4, 0.5) is 0 Å². The standard InChI is InChI=1S/C15H25ClN2/c1-11-6-7-13(8-14(11)16)10-17-12(2)9-18-15(3,4)5/h6-8,12,17-18H,9-10H2,1-5H3. The lowest BCUT2D eigenvalue weighted by Crippen LogP contribution is -2.44. The van der Waals surface area contributed by atoms with E-state index in [-0.39, 0.29) is 5.54 Å². The molecule has 0 radical (unpaired) electrons. The first-order chi connectivity index (χ1) is 8.28. The molecule has 1 aromatic carbocycles. The Bertz CT molecular complexity index is 383. The monoisotopic (exact) mass is 268 g/mol. The van der Waals surface area contributed by atoms with E-state index in [1.54, 1.807) is 0 Å². The molecule has 0 aromatic heterocycles. The van der Waals surface area contributed by atoms with Gasteiger partial charge in [0.2, 0.25) is 0 Å². The summed E-state index contributed by atoms with van der Waals surface area (Å²) >= 11 is 6.11. The molecule has 1 atom stereocenters. The van der Waals surface area contributed by atoms with Gasteiger partial charge in [0.1, 0.15) is 0 Å². The molecule has 102 valence electrons. The molecule has 0 spiro atoms. The number of aryl methyl sites for hydroxylation is 1. The lowest BCUT2D eigenvalue weighted by atomic mass is 10.1. The molecular formula is C15H25ClN2. The molecule has 1 rings (SSSR count). The van der Waals surface area contributed by atoms with E-state index in [9.17, 15) is 0 Å². The normalized spacial score (nSPS) is 13.7. The highest BCUT2D eigenvalue weighted by atomic mass is 35.5. The number of hydrogen-bond acceptors (Lipinski definition) is 2. The van der Waals surface area contributed by atoms with Gasteiger partial charge < -0.3 is 10.6 Å². The van der Waals surface area contributed by atoms with E-state index < -0.39 is 0 Å². The van der Waals surface area contributed by atoms with Crippen molar-refractivity contribution in [2.24, 2.45) is 0 Å². The molecule has 3 heteroatoms. The van der Waals surface area contributed by atoms with Gasteiger partial charge in [0.15, 0.2) is 0 Å². The summed E-state index contributed by atoms with van der Waals surface area (Å²) in [4.78, 5) is 0. The summed E-state index contributed by atoms with van der Waals surface area (Å²) in [6, 6.07) is 6.66. The summed E-state index contributed by atoms with van der Waals surface area (Å²) in [7, 11) is 0. The average Bonchev–Trinajstić information content (AvgIpc) is 2.27. The van der Waals surface area contributed by atoms with Gasteiger partial charge in [-0.1, -0.05) is 23.7 Å². The van der Waals surface area contributed by atoms with E-state index in [1.807, 2.05) is 13.0 Å². The van der Waals surface area contributed by atoms with Crippen molar-refractivity contribution in [2.45, 2.75) is 52.7 Å². The van der Waals surface area contributed by atoms with E-state index in [2.05, 4.69) is 50.5 Å². The zero-order valence-electron chi connectivity index (χ0n) is 12.1. The number of hydrogen-bond donors (Lipinski definition) is 2. The second kappa shape index (κ2) is 6.55. The van der Waals surface area contributed by atoms with Crippen LogP contribution in [0.5, 0.6) is 0 Å². The largest absolute Gasteiger partial charge is 0.311 e. The number of benzene rings is 1. The lowest BCUT2D eigenvalue weighted by Gasteiger charge is -2.24. The molecule has 0 bridgehead atoms. The number of halogens is 1. The molecule has 18 heavy (non-hydrogen) atoms. The van der Waals surface area contributed by atoms with Gasteiger partial charge in [-0.2, -0.15) is 0 Å². The molecule has 2 nitrogen and oxygen atoms in total. The van der Waals surface area contributed by atoms with Crippen molar-refractivity contribution >= 4 is 11.6 Å². The summed E-state index contributed by atoms with van der Waals surface area (Å²) in [5, 5.41) is 7.83. The van der Waals surface area contributed by atoms with E-state index in [4.69, 9.17) is 11.6 Å². The van der Waals surface area contributed by atoms with Crippen LogP contribution in [0, 0.1) is 6.92 Å². The molecule has 0 fully saturated rings. The summed E-state index contributed by atoms with van der Waals surface area (Å²) in [5.74, 6) is 0. The van der Waals surface area contributed by atoms with Gasteiger partial charge in [-0.15, -0.1) is 0 Å². The Morgan fingerprint density at radius 1 is 1.28 bits per heavy atom. The molecule has 0 saturated carbocycles. The zero-order chi connectivity index (χ0) is 13.8. The van der Waals surface area contributed by atoms with Gasteiger partial charge in [0, 0.05) is 29.7 Å². The first-order valence-electron chi connectivity index (χ1n) is 6.51. The Kier molecular flexibility index (Phi) is 5.64. The Morgan fingerprint density at radius 3 is 2.50 bits per heavy atom. The van der Waals surface area contributed by atoms with Crippen LogP contribution in [0.25, 0.3) is 0 Å². The lowest BCUT2D eigenvalue weighted by molar-refractivity contribution is 0.387. The molecule has 2 N–H and O–H groups in total. The van der Waals surface area contributed by atoms with Crippen LogP contribution in [0.1, 0.15) is 38.8 Å². The summed E-state index contributed by atoms with van der Waals surface area (Å²) in [5.41, 5.74) is 2.53. The molecule has 1 aromatic rings. The fourth-order valence-electron chi connectivity index (χ4n) is 1.57.